The second-order valence-corrected chi connectivity index (χ2v) is 10.4. The van der Waals surface area contributed by atoms with E-state index in [0.29, 0.717) is 43.3 Å². The van der Waals surface area contributed by atoms with Gasteiger partial charge in [-0.3, -0.25) is 14.5 Å². The lowest BCUT2D eigenvalue weighted by molar-refractivity contribution is 0.0558. The summed E-state index contributed by atoms with van der Waals surface area (Å²) in [5.74, 6) is 0.762. The third kappa shape index (κ3) is 4.71. The first-order valence-electron chi connectivity index (χ1n) is 13.4. The zero-order valence-electron chi connectivity index (χ0n) is 22.7. The summed E-state index contributed by atoms with van der Waals surface area (Å²) in [6.07, 6.45) is 1.50. The molecule has 2 atom stereocenters. The summed E-state index contributed by atoms with van der Waals surface area (Å²) in [4.78, 5) is 33.7. The van der Waals surface area contributed by atoms with Crippen LogP contribution in [0.2, 0.25) is 0 Å². The van der Waals surface area contributed by atoms with Crippen molar-refractivity contribution in [2.75, 3.05) is 26.2 Å². The van der Waals surface area contributed by atoms with Crippen molar-refractivity contribution in [2.24, 2.45) is 0 Å². The van der Waals surface area contributed by atoms with Gasteiger partial charge >= 0.3 is 0 Å². The standard InChI is InChI=1S/C30H31N7O3/c1-19-16-20(2)23-18-24(29(38)31-25(23)17-19)27(28-32-33-34-37(28)21(3)22-8-5-4-6-9-22)35-11-13-36(14-12-35)30(39)26-10-7-15-40-26/h4-10,15-18,21,27H,11-14H2,1-3H3,(H,31,38). The van der Waals surface area contributed by atoms with Gasteiger partial charge in [-0.25, -0.2) is 4.68 Å². The molecule has 204 valence electrons. The maximum absolute atomic E-state index is 13.7. The summed E-state index contributed by atoms with van der Waals surface area (Å²) in [5, 5.41) is 13.9. The van der Waals surface area contributed by atoms with Crippen molar-refractivity contribution >= 4 is 16.8 Å². The molecule has 0 saturated carbocycles. The molecule has 5 aromatic rings. The fourth-order valence-corrected chi connectivity index (χ4v) is 5.66. The molecule has 0 aliphatic carbocycles. The number of carbonyl (C=O) groups is 1. The van der Waals surface area contributed by atoms with Crippen LogP contribution in [-0.2, 0) is 0 Å². The topological polar surface area (TPSA) is 113 Å². The lowest BCUT2D eigenvalue weighted by atomic mass is 9.99. The van der Waals surface area contributed by atoms with Crippen LogP contribution in [0.4, 0.5) is 0 Å². The van der Waals surface area contributed by atoms with E-state index in [2.05, 4.69) is 31.5 Å². The molecule has 40 heavy (non-hydrogen) atoms. The zero-order chi connectivity index (χ0) is 27.8. The van der Waals surface area contributed by atoms with Crippen molar-refractivity contribution in [1.29, 1.82) is 0 Å². The molecule has 2 aromatic carbocycles. The minimum atomic E-state index is -0.518. The number of hydrogen-bond acceptors (Lipinski definition) is 7. The Balaban J connectivity index is 1.42. The molecule has 4 heterocycles. The van der Waals surface area contributed by atoms with E-state index in [0.717, 1.165) is 27.6 Å². The molecule has 10 nitrogen and oxygen atoms in total. The predicted molar refractivity (Wildman–Crippen MR) is 150 cm³/mol. The van der Waals surface area contributed by atoms with Gasteiger partial charge in [-0.15, -0.1) is 5.10 Å². The minimum absolute atomic E-state index is 0.140. The van der Waals surface area contributed by atoms with E-state index in [4.69, 9.17) is 4.42 Å². The molecule has 0 spiro atoms. The molecule has 0 bridgehead atoms. The third-order valence-corrected chi connectivity index (χ3v) is 7.75. The number of tetrazole rings is 1. The zero-order valence-corrected chi connectivity index (χ0v) is 22.7. The second kappa shape index (κ2) is 10.5. The van der Waals surface area contributed by atoms with Crippen molar-refractivity contribution in [3.8, 4) is 0 Å². The Morgan fingerprint density at radius 2 is 1.77 bits per heavy atom. The Hall–Kier alpha value is -4.57. The van der Waals surface area contributed by atoms with E-state index in [1.54, 1.807) is 21.7 Å². The number of nitrogens with one attached hydrogen (secondary N) is 1. The maximum atomic E-state index is 13.7. The Morgan fingerprint density at radius 1 is 1.00 bits per heavy atom. The number of piperazine rings is 1. The molecule has 6 rings (SSSR count). The normalized spacial score (nSPS) is 15.8. The van der Waals surface area contributed by atoms with Crippen LogP contribution in [0.5, 0.6) is 0 Å². The van der Waals surface area contributed by atoms with Crippen molar-refractivity contribution in [3.05, 3.63) is 111 Å². The number of rotatable bonds is 6. The van der Waals surface area contributed by atoms with E-state index >= 15 is 0 Å². The number of aromatic nitrogens is 5. The molecule has 1 saturated heterocycles. The molecule has 1 aliphatic heterocycles. The van der Waals surface area contributed by atoms with E-state index in [1.807, 2.05) is 63.2 Å². The first-order chi connectivity index (χ1) is 19.4. The van der Waals surface area contributed by atoms with Gasteiger partial charge in [-0.05, 0) is 72.2 Å². The average Bonchev–Trinajstić information content (AvgIpc) is 3.67. The van der Waals surface area contributed by atoms with Gasteiger partial charge in [0.25, 0.3) is 11.5 Å². The summed E-state index contributed by atoms with van der Waals surface area (Å²) in [7, 11) is 0. The van der Waals surface area contributed by atoms with Crippen LogP contribution in [0.1, 0.15) is 57.6 Å². The monoisotopic (exact) mass is 537 g/mol. The summed E-state index contributed by atoms with van der Waals surface area (Å²) in [6.45, 7) is 8.15. The SMILES string of the molecule is Cc1cc(C)c2cc(C(c3nnnn3C(C)c3ccccc3)N3CCN(C(=O)c4ccco4)CC3)c(=O)[nH]c2c1. The maximum Gasteiger partial charge on any atom is 0.289 e. The largest absolute Gasteiger partial charge is 0.459 e. The van der Waals surface area contributed by atoms with Gasteiger partial charge in [0.1, 0.15) is 6.04 Å². The van der Waals surface area contributed by atoms with E-state index in [9.17, 15) is 9.59 Å². The van der Waals surface area contributed by atoms with Crippen molar-refractivity contribution in [3.63, 3.8) is 0 Å². The minimum Gasteiger partial charge on any atom is -0.459 e. The molecule has 0 radical (unpaired) electrons. The Kier molecular flexibility index (Phi) is 6.77. The summed E-state index contributed by atoms with van der Waals surface area (Å²) in [5.41, 5.74) is 4.42. The first kappa shape index (κ1) is 25.7. The molecule has 1 N–H and O–H groups in total. The quantitative estimate of drug-likeness (QED) is 0.350. The number of furan rings is 1. The van der Waals surface area contributed by atoms with Crippen LogP contribution in [0, 0.1) is 13.8 Å². The molecule has 1 amide bonds. The lowest BCUT2D eigenvalue weighted by Crippen LogP contribution is -2.50. The number of aromatic amines is 1. The third-order valence-electron chi connectivity index (χ3n) is 7.75. The second-order valence-electron chi connectivity index (χ2n) is 10.4. The van der Waals surface area contributed by atoms with Crippen LogP contribution in [0.15, 0.2) is 76.1 Å². The number of hydrogen-bond donors (Lipinski definition) is 1. The lowest BCUT2D eigenvalue weighted by Gasteiger charge is -2.38. The number of amides is 1. The predicted octanol–water partition coefficient (Wildman–Crippen LogP) is 3.88. The van der Waals surface area contributed by atoms with E-state index < -0.39 is 6.04 Å². The highest BCUT2D eigenvalue weighted by molar-refractivity contribution is 5.91. The van der Waals surface area contributed by atoms with Crippen molar-refractivity contribution in [2.45, 2.75) is 32.9 Å². The van der Waals surface area contributed by atoms with E-state index in [-0.39, 0.29) is 17.5 Å². The fraction of sp³-hybridized carbons (Fsp3) is 0.300. The van der Waals surface area contributed by atoms with Crippen LogP contribution in [0.25, 0.3) is 10.9 Å². The van der Waals surface area contributed by atoms with Crippen LogP contribution in [-0.4, -0.2) is 67.1 Å². The smallest absolute Gasteiger partial charge is 0.289 e. The van der Waals surface area contributed by atoms with Crippen molar-refractivity contribution in [1.82, 2.24) is 35.0 Å². The highest BCUT2D eigenvalue weighted by atomic mass is 16.3. The van der Waals surface area contributed by atoms with Crippen LogP contribution in [0.3, 0.4) is 0 Å². The molecule has 1 fully saturated rings. The Labute approximate surface area is 231 Å². The summed E-state index contributed by atoms with van der Waals surface area (Å²) >= 11 is 0. The Bertz CT molecular complexity index is 1700. The number of carbonyl (C=O) groups excluding carboxylic acids is 1. The number of H-pyrrole nitrogens is 1. The highest BCUT2D eigenvalue weighted by Crippen LogP contribution is 2.31. The van der Waals surface area contributed by atoms with Gasteiger partial charge in [0.2, 0.25) is 0 Å². The summed E-state index contributed by atoms with van der Waals surface area (Å²) < 4.78 is 7.13. The fourth-order valence-electron chi connectivity index (χ4n) is 5.66. The first-order valence-corrected chi connectivity index (χ1v) is 13.4. The van der Waals surface area contributed by atoms with Gasteiger partial charge < -0.3 is 14.3 Å². The average molecular weight is 538 g/mol. The molecular formula is C30H31N7O3. The van der Waals surface area contributed by atoms with E-state index in [1.165, 1.54) is 6.26 Å². The molecule has 1 aliphatic rings. The van der Waals surface area contributed by atoms with Gasteiger partial charge in [0.05, 0.1) is 12.3 Å². The van der Waals surface area contributed by atoms with Crippen LogP contribution < -0.4 is 5.56 Å². The van der Waals surface area contributed by atoms with Gasteiger partial charge in [0.15, 0.2) is 11.6 Å². The summed E-state index contributed by atoms with van der Waals surface area (Å²) in [6, 6.07) is 18.8. The Morgan fingerprint density at radius 3 is 2.50 bits per heavy atom. The molecule has 10 heteroatoms. The number of benzene rings is 2. The number of pyridine rings is 1. The number of nitrogens with zero attached hydrogens (tertiary/aromatic N) is 6. The highest BCUT2D eigenvalue weighted by Gasteiger charge is 2.35. The van der Waals surface area contributed by atoms with Gasteiger partial charge in [-0.2, -0.15) is 0 Å². The van der Waals surface area contributed by atoms with Crippen LogP contribution >= 0.6 is 0 Å². The van der Waals surface area contributed by atoms with Gasteiger partial charge in [0, 0.05) is 42.6 Å². The number of aryl methyl sites for hydroxylation is 2. The van der Waals surface area contributed by atoms with Crippen molar-refractivity contribution < 1.29 is 9.21 Å². The molecule has 3 aromatic heterocycles. The van der Waals surface area contributed by atoms with Gasteiger partial charge in [-0.1, -0.05) is 36.4 Å². The number of fused-ring (bicyclic) bond motifs is 1. The molecular weight excluding hydrogens is 506 g/mol. The molecule has 2 unspecified atom stereocenters.